The third-order valence-electron chi connectivity index (χ3n) is 9.16. The number of hydrogen-bond donors (Lipinski definition) is 11. The van der Waals surface area contributed by atoms with Crippen LogP contribution in [0.5, 0.6) is 0 Å². The number of amides is 1. The molecule has 0 aromatic carbocycles. The molecule has 1 amide bonds. The summed E-state index contributed by atoms with van der Waals surface area (Å²) in [5, 5.41) is 106. The number of nitrogens with one attached hydrogen (secondary N) is 1. The Bertz CT molecular complexity index is 1040. The van der Waals surface area contributed by atoms with Crippen molar-refractivity contribution in [2.24, 2.45) is 17.8 Å². The lowest BCUT2D eigenvalue weighted by molar-refractivity contribution is -0.375. The molecule has 0 radical (unpaired) electrons. The molecule has 1 saturated carbocycles. The van der Waals surface area contributed by atoms with E-state index in [1.165, 1.54) is 6.92 Å². The van der Waals surface area contributed by atoms with Gasteiger partial charge in [-0.25, -0.2) is 4.79 Å². The molecule has 3 aliphatic heterocycles. The predicted octanol–water partition coefficient (Wildman–Crippen LogP) is -5.63. The van der Waals surface area contributed by atoms with E-state index in [0.717, 1.165) is 0 Å². The van der Waals surface area contributed by atoms with E-state index in [1.807, 2.05) is 0 Å². The first-order chi connectivity index (χ1) is 21.1. The molecule has 0 aromatic rings. The summed E-state index contributed by atoms with van der Waals surface area (Å²) in [6.45, 7) is 2.56. The van der Waals surface area contributed by atoms with Gasteiger partial charge in [-0.3, -0.25) is 4.79 Å². The van der Waals surface area contributed by atoms with Crippen LogP contribution >= 0.6 is 0 Å². The van der Waals surface area contributed by atoms with Gasteiger partial charge in [0.05, 0.1) is 56.4 Å². The molecule has 4 rings (SSSR count). The number of rotatable bonds is 11. The molecule has 0 spiro atoms. The van der Waals surface area contributed by atoms with Gasteiger partial charge < -0.3 is 80.1 Å². The first-order valence-electron chi connectivity index (χ1n) is 14.8. The number of carboxylic acids is 1. The van der Waals surface area contributed by atoms with Crippen LogP contribution in [0.25, 0.3) is 0 Å². The van der Waals surface area contributed by atoms with Gasteiger partial charge in [-0.05, 0) is 5.92 Å². The van der Waals surface area contributed by atoms with Gasteiger partial charge in [0.1, 0.15) is 42.7 Å². The van der Waals surface area contributed by atoms with Gasteiger partial charge in [-0.1, -0.05) is 13.8 Å². The molecule has 3 saturated heterocycles. The number of aliphatic carboxylic acids is 1. The van der Waals surface area contributed by atoms with Gasteiger partial charge in [0.25, 0.3) is 5.79 Å². The Hall–Kier alpha value is -1.62. The lowest BCUT2D eigenvalue weighted by Gasteiger charge is -2.58. The van der Waals surface area contributed by atoms with E-state index in [9.17, 15) is 60.7 Å². The van der Waals surface area contributed by atoms with Crippen LogP contribution < -0.4 is 5.32 Å². The maximum atomic E-state index is 12.4. The Labute approximate surface area is 258 Å². The molecule has 17 atom stereocenters. The minimum absolute atomic E-state index is 0.218. The number of hydrogen-bond acceptors (Lipinski definition) is 16. The van der Waals surface area contributed by atoms with Crippen molar-refractivity contribution in [2.75, 3.05) is 19.8 Å². The number of carboxylic acid groups (broad SMARTS) is 1. The molecule has 0 aromatic heterocycles. The number of carbonyl (C=O) groups excluding carboxylic acids is 1. The summed E-state index contributed by atoms with van der Waals surface area (Å²) < 4.78 is 28.5. The van der Waals surface area contributed by atoms with E-state index < -0.39 is 141 Å². The summed E-state index contributed by atoms with van der Waals surface area (Å²) in [6.07, 6.45) is -20.1. The third-order valence-corrected chi connectivity index (χ3v) is 9.16. The average Bonchev–Trinajstić information content (AvgIpc) is 2.97. The minimum Gasteiger partial charge on any atom is -0.477 e. The Balaban J connectivity index is 1.50. The zero-order chi connectivity index (χ0) is 33.5. The molecule has 45 heavy (non-hydrogen) atoms. The van der Waals surface area contributed by atoms with Crippen molar-refractivity contribution >= 4 is 11.9 Å². The first-order valence-corrected chi connectivity index (χ1v) is 14.8. The Morgan fingerprint density at radius 3 is 2.18 bits per heavy atom. The van der Waals surface area contributed by atoms with Gasteiger partial charge in [-0.15, -0.1) is 0 Å². The highest BCUT2D eigenvalue weighted by Crippen LogP contribution is 2.49. The Morgan fingerprint density at radius 2 is 1.62 bits per heavy atom. The fourth-order valence-electron chi connectivity index (χ4n) is 6.71. The van der Waals surface area contributed by atoms with Crippen LogP contribution in [0.1, 0.15) is 27.2 Å². The fraction of sp³-hybridized carbons (Fsp3) is 0.926. The molecule has 18 nitrogen and oxygen atoms in total. The summed E-state index contributed by atoms with van der Waals surface area (Å²) in [5.74, 6) is -7.08. The normalized spacial score (nSPS) is 47.4. The van der Waals surface area contributed by atoms with Crippen molar-refractivity contribution in [3.05, 3.63) is 0 Å². The van der Waals surface area contributed by atoms with E-state index in [-0.39, 0.29) is 5.92 Å². The van der Waals surface area contributed by atoms with Crippen molar-refractivity contribution < 1.29 is 84.3 Å². The topological polar surface area (TPSA) is 295 Å². The summed E-state index contributed by atoms with van der Waals surface area (Å²) in [7, 11) is 0. The smallest absolute Gasteiger partial charge is 0.364 e. The highest BCUT2D eigenvalue weighted by molar-refractivity contribution is 5.76. The van der Waals surface area contributed by atoms with E-state index in [0.29, 0.717) is 0 Å². The lowest BCUT2D eigenvalue weighted by atomic mass is 9.61. The maximum Gasteiger partial charge on any atom is 0.364 e. The van der Waals surface area contributed by atoms with Crippen LogP contribution in [0.4, 0.5) is 0 Å². The van der Waals surface area contributed by atoms with Crippen molar-refractivity contribution in [1.82, 2.24) is 5.32 Å². The van der Waals surface area contributed by atoms with Crippen molar-refractivity contribution in [3.63, 3.8) is 0 Å². The molecule has 1 aliphatic carbocycles. The van der Waals surface area contributed by atoms with Gasteiger partial charge in [0, 0.05) is 25.2 Å². The number of aliphatic hydroxyl groups is 9. The van der Waals surface area contributed by atoms with Gasteiger partial charge in [-0.2, -0.15) is 0 Å². The lowest BCUT2D eigenvalue weighted by Crippen LogP contribution is -2.72. The standard InChI is InChI=1S/C27H45NO17/c1-8(2)22-16(28-9(3)31)19(36)23(12(6-30)42-22)44-25-21(38)20(37)17(34)13(43-25)7-41-27(26(39)40)4-10(32)14-18(35)15(11(33)5-29)24(14)45-27/h8,10-25,29-30,32-38H,4-7H2,1-3H3,(H,28,31)(H,39,40)/t10?,11-,12?,13?,14+,15+,16?,17+,18+,19?,20?,21?,22+,23-,24?,25+,27?/m1/s1. The Kier molecular flexibility index (Phi) is 11.5. The molecule has 4 fully saturated rings. The second kappa shape index (κ2) is 14.2. The van der Waals surface area contributed by atoms with E-state index in [4.69, 9.17) is 23.7 Å². The van der Waals surface area contributed by atoms with Gasteiger partial charge in [0.2, 0.25) is 5.91 Å². The molecule has 9 unspecified atom stereocenters. The summed E-state index contributed by atoms with van der Waals surface area (Å²) in [6, 6.07) is -1.00. The summed E-state index contributed by atoms with van der Waals surface area (Å²) >= 11 is 0. The number of fused-ring (bicyclic) bond motifs is 1. The molecule has 260 valence electrons. The van der Waals surface area contributed by atoms with Crippen molar-refractivity contribution in [2.45, 2.75) is 119 Å². The SMILES string of the molecule is CC(=O)NC1C(O)[C@H](O[C@@H]2OC(COC3(C(=O)O)CC(O)[C@@H]4C(O3)[C@@H]([C@H](O)CO)[C@H]4O)[C@H](O)C(O)C2O)C(CO)O[C@H]1C(C)C. The van der Waals surface area contributed by atoms with Crippen LogP contribution in [-0.4, -0.2) is 174 Å². The monoisotopic (exact) mass is 655 g/mol. The molecule has 4 aliphatic rings. The molecule has 11 N–H and O–H groups in total. The summed E-state index contributed by atoms with van der Waals surface area (Å²) in [5.41, 5.74) is 0. The number of ether oxygens (including phenoxy) is 5. The van der Waals surface area contributed by atoms with E-state index >= 15 is 0 Å². The zero-order valence-corrected chi connectivity index (χ0v) is 25.0. The van der Waals surface area contributed by atoms with Crippen LogP contribution in [0.15, 0.2) is 0 Å². The van der Waals surface area contributed by atoms with Gasteiger partial charge in [0.15, 0.2) is 6.29 Å². The van der Waals surface area contributed by atoms with Crippen LogP contribution in [0.2, 0.25) is 0 Å². The zero-order valence-electron chi connectivity index (χ0n) is 25.0. The number of aliphatic hydroxyl groups excluding tert-OH is 9. The quantitative estimate of drug-likeness (QED) is 0.0988. The van der Waals surface area contributed by atoms with Crippen molar-refractivity contribution in [1.29, 1.82) is 0 Å². The minimum atomic E-state index is -2.57. The largest absolute Gasteiger partial charge is 0.477 e. The molecular weight excluding hydrogens is 610 g/mol. The summed E-state index contributed by atoms with van der Waals surface area (Å²) in [4.78, 5) is 24.2. The molecule has 3 heterocycles. The Morgan fingerprint density at radius 1 is 0.956 bits per heavy atom. The first kappa shape index (κ1) is 36.2. The molecular formula is C27H45NO17. The van der Waals surface area contributed by atoms with Crippen LogP contribution in [0, 0.1) is 17.8 Å². The van der Waals surface area contributed by atoms with Crippen LogP contribution in [0.3, 0.4) is 0 Å². The highest BCUT2D eigenvalue weighted by Gasteiger charge is 2.65. The van der Waals surface area contributed by atoms with Gasteiger partial charge >= 0.3 is 5.97 Å². The highest BCUT2D eigenvalue weighted by atomic mass is 16.7. The predicted molar refractivity (Wildman–Crippen MR) is 144 cm³/mol. The second-order valence-corrected chi connectivity index (χ2v) is 12.5. The second-order valence-electron chi connectivity index (χ2n) is 12.5. The average molecular weight is 656 g/mol. The number of carbonyl (C=O) groups is 2. The van der Waals surface area contributed by atoms with Crippen molar-refractivity contribution in [3.8, 4) is 0 Å². The van der Waals surface area contributed by atoms with Crippen LogP contribution in [-0.2, 0) is 33.3 Å². The molecule has 0 bridgehead atoms. The van der Waals surface area contributed by atoms with E-state index in [2.05, 4.69) is 5.32 Å². The third kappa shape index (κ3) is 6.86. The molecule has 18 heteroatoms. The van der Waals surface area contributed by atoms with E-state index in [1.54, 1.807) is 13.8 Å². The fourth-order valence-corrected chi connectivity index (χ4v) is 6.71. The maximum absolute atomic E-state index is 12.4.